The summed E-state index contributed by atoms with van der Waals surface area (Å²) in [6.07, 6.45) is 0.916. The van der Waals surface area contributed by atoms with Crippen molar-refractivity contribution in [2.24, 2.45) is 4.99 Å². The Morgan fingerprint density at radius 3 is 2.48 bits per heavy atom. The van der Waals surface area contributed by atoms with Crippen molar-refractivity contribution in [2.75, 3.05) is 20.2 Å². The van der Waals surface area contributed by atoms with Gasteiger partial charge in [-0.15, -0.1) is 24.0 Å². The Kier molecular flexibility index (Phi) is 9.91. The van der Waals surface area contributed by atoms with Crippen molar-refractivity contribution in [2.45, 2.75) is 19.9 Å². The number of rotatable bonds is 7. The van der Waals surface area contributed by atoms with Gasteiger partial charge in [0.15, 0.2) is 17.5 Å². The highest BCUT2D eigenvalue weighted by Crippen LogP contribution is 2.18. The van der Waals surface area contributed by atoms with Gasteiger partial charge < -0.3 is 15.4 Å². The minimum absolute atomic E-state index is 0. The summed E-state index contributed by atoms with van der Waals surface area (Å²) in [6.45, 7) is 3.56. The van der Waals surface area contributed by atoms with E-state index in [0.717, 1.165) is 18.5 Å². The molecule has 2 N–H and O–H groups in total. The second kappa shape index (κ2) is 11.7. The number of guanidine groups is 1. The molecule has 25 heavy (non-hydrogen) atoms. The molecule has 136 valence electrons. The predicted molar refractivity (Wildman–Crippen MR) is 111 cm³/mol. The van der Waals surface area contributed by atoms with Crippen molar-refractivity contribution in [3.05, 3.63) is 65.5 Å². The number of benzene rings is 2. The number of halogens is 2. The van der Waals surface area contributed by atoms with E-state index in [1.807, 2.05) is 31.2 Å². The molecule has 0 aliphatic carbocycles. The number of nitrogens with zero attached hydrogens (tertiary/aromatic N) is 1. The van der Waals surface area contributed by atoms with Gasteiger partial charge in [-0.05, 0) is 36.6 Å². The fraction of sp³-hybridized carbons (Fsp3) is 0.316. The summed E-state index contributed by atoms with van der Waals surface area (Å²) in [5.41, 5.74) is 2.11. The molecule has 0 radical (unpaired) electrons. The highest BCUT2D eigenvalue weighted by molar-refractivity contribution is 14.0. The zero-order valence-corrected chi connectivity index (χ0v) is 16.9. The molecule has 0 saturated carbocycles. The Hall–Kier alpha value is -1.83. The van der Waals surface area contributed by atoms with Gasteiger partial charge >= 0.3 is 0 Å². The minimum Gasteiger partial charge on any atom is -0.491 e. The maximum atomic E-state index is 13.8. The predicted octanol–water partition coefficient (Wildman–Crippen LogP) is 3.75. The maximum Gasteiger partial charge on any atom is 0.191 e. The molecule has 0 bridgehead atoms. The zero-order chi connectivity index (χ0) is 17.2. The topological polar surface area (TPSA) is 45.6 Å². The minimum atomic E-state index is -0.344. The second-order valence-electron chi connectivity index (χ2n) is 5.29. The summed E-state index contributed by atoms with van der Waals surface area (Å²) in [5, 5.41) is 6.44. The molecule has 0 amide bonds. The smallest absolute Gasteiger partial charge is 0.191 e. The molecule has 0 heterocycles. The molecule has 2 aromatic rings. The molecular weight excluding hydrogens is 432 g/mol. The Morgan fingerprint density at radius 1 is 1.08 bits per heavy atom. The zero-order valence-electron chi connectivity index (χ0n) is 14.6. The number of aliphatic imine (C=N–C) groups is 1. The monoisotopic (exact) mass is 457 g/mol. The molecule has 6 heteroatoms. The second-order valence-corrected chi connectivity index (χ2v) is 5.29. The first-order valence-corrected chi connectivity index (χ1v) is 8.12. The summed E-state index contributed by atoms with van der Waals surface area (Å²) < 4.78 is 19.0. The molecule has 0 saturated heterocycles. The molecule has 0 unspecified atom stereocenters. The molecule has 0 aliphatic heterocycles. The molecule has 0 aliphatic rings. The number of nitrogens with one attached hydrogen (secondary N) is 2. The summed E-state index contributed by atoms with van der Waals surface area (Å²) in [6, 6.07) is 15.2. The van der Waals surface area contributed by atoms with Crippen LogP contribution in [0, 0.1) is 5.82 Å². The van der Waals surface area contributed by atoms with Gasteiger partial charge in [0.05, 0.1) is 6.61 Å². The Balaban J connectivity index is 0.00000312. The van der Waals surface area contributed by atoms with E-state index in [9.17, 15) is 4.39 Å². The summed E-state index contributed by atoms with van der Waals surface area (Å²) in [4.78, 5) is 4.18. The van der Waals surface area contributed by atoms with Crippen molar-refractivity contribution >= 4 is 29.9 Å². The third-order valence-electron chi connectivity index (χ3n) is 3.53. The Labute approximate surface area is 165 Å². The average Bonchev–Trinajstić information content (AvgIpc) is 2.61. The average molecular weight is 457 g/mol. The number of hydrogen-bond donors (Lipinski definition) is 2. The van der Waals surface area contributed by atoms with Crippen LogP contribution in [0.4, 0.5) is 4.39 Å². The van der Waals surface area contributed by atoms with Crippen molar-refractivity contribution in [3.8, 4) is 5.75 Å². The van der Waals surface area contributed by atoms with Crippen LogP contribution in [0.1, 0.15) is 18.1 Å². The lowest BCUT2D eigenvalue weighted by Gasteiger charge is -2.12. The number of ether oxygens (including phenoxy) is 1. The van der Waals surface area contributed by atoms with Crippen LogP contribution in [0.15, 0.2) is 53.5 Å². The van der Waals surface area contributed by atoms with Crippen LogP contribution in [0.2, 0.25) is 0 Å². The van der Waals surface area contributed by atoms with Gasteiger partial charge in [0, 0.05) is 20.1 Å². The largest absolute Gasteiger partial charge is 0.491 e. The maximum absolute atomic E-state index is 13.8. The lowest BCUT2D eigenvalue weighted by atomic mass is 10.1. The van der Waals surface area contributed by atoms with Crippen molar-refractivity contribution < 1.29 is 9.13 Å². The highest BCUT2D eigenvalue weighted by atomic mass is 127. The third kappa shape index (κ3) is 7.29. The highest BCUT2D eigenvalue weighted by Gasteiger charge is 2.05. The summed E-state index contributed by atoms with van der Waals surface area (Å²) >= 11 is 0. The van der Waals surface area contributed by atoms with Gasteiger partial charge in [0.2, 0.25) is 0 Å². The fourth-order valence-electron chi connectivity index (χ4n) is 2.30. The summed E-state index contributed by atoms with van der Waals surface area (Å²) in [5.74, 6) is 0.634. The molecule has 4 nitrogen and oxygen atoms in total. The first-order chi connectivity index (χ1) is 11.7. The normalized spacial score (nSPS) is 10.8. The van der Waals surface area contributed by atoms with Crippen LogP contribution < -0.4 is 15.4 Å². The molecule has 2 aromatic carbocycles. The van der Waals surface area contributed by atoms with Gasteiger partial charge in [-0.25, -0.2) is 4.39 Å². The van der Waals surface area contributed by atoms with E-state index >= 15 is 0 Å². The quantitative estimate of drug-likeness (QED) is 0.378. The molecule has 2 rings (SSSR count). The molecule has 0 atom stereocenters. The molecule has 0 aromatic heterocycles. The number of hydrogen-bond acceptors (Lipinski definition) is 2. The SMILES string of the molecule is CCOc1ccc(CNC(=NC)NCCc2ccccc2)cc1F.I. The van der Waals surface area contributed by atoms with E-state index < -0.39 is 0 Å². The van der Waals surface area contributed by atoms with Crippen LogP contribution in [0.25, 0.3) is 0 Å². The van der Waals surface area contributed by atoms with E-state index in [4.69, 9.17) is 4.74 Å². The van der Waals surface area contributed by atoms with Gasteiger partial charge in [-0.2, -0.15) is 0 Å². The standard InChI is InChI=1S/C19H24FN3O.HI/c1-3-24-18-10-9-16(13-17(18)20)14-23-19(21-2)22-12-11-15-7-5-4-6-8-15;/h4-10,13H,3,11-12,14H2,1-2H3,(H2,21,22,23);1H. The Bertz CT molecular complexity index is 665. The van der Waals surface area contributed by atoms with E-state index in [1.54, 1.807) is 13.1 Å². The van der Waals surface area contributed by atoms with Gasteiger partial charge in [-0.3, -0.25) is 4.99 Å². The van der Waals surface area contributed by atoms with Crippen LogP contribution >= 0.6 is 24.0 Å². The first-order valence-electron chi connectivity index (χ1n) is 8.12. The van der Waals surface area contributed by atoms with Gasteiger partial charge in [0.1, 0.15) is 0 Å². The van der Waals surface area contributed by atoms with Crippen molar-refractivity contribution in [1.82, 2.24) is 10.6 Å². The molecule has 0 spiro atoms. The molecule has 0 fully saturated rings. The van der Waals surface area contributed by atoms with E-state index in [-0.39, 0.29) is 35.5 Å². The van der Waals surface area contributed by atoms with Crippen LogP contribution in [0.5, 0.6) is 5.75 Å². The summed E-state index contributed by atoms with van der Waals surface area (Å²) in [7, 11) is 1.72. The van der Waals surface area contributed by atoms with Crippen LogP contribution in [-0.4, -0.2) is 26.2 Å². The Morgan fingerprint density at radius 2 is 1.84 bits per heavy atom. The van der Waals surface area contributed by atoms with Gasteiger partial charge in [0.25, 0.3) is 0 Å². The van der Waals surface area contributed by atoms with Crippen molar-refractivity contribution in [1.29, 1.82) is 0 Å². The van der Waals surface area contributed by atoms with E-state index in [2.05, 4.69) is 27.8 Å². The molecular formula is C19H25FIN3O. The van der Waals surface area contributed by atoms with Gasteiger partial charge in [-0.1, -0.05) is 36.4 Å². The first kappa shape index (κ1) is 21.2. The fourth-order valence-corrected chi connectivity index (χ4v) is 2.30. The van der Waals surface area contributed by atoms with E-state index in [0.29, 0.717) is 19.1 Å². The van der Waals surface area contributed by atoms with Crippen molar-refractivity contribution in [3.63, 3.8) is 0 Å². The van der Waals surface area contributed by atoms with Crippen LogP contribution in [-0.2, 0) is 13.0 Å². The van der Waals surface area contributed by atoms with E-state index in [1.165, 1.54) is 11.6 Å². The lowest BCUT2D eigenvalue weighted by Crippen LogP contribution is -2.37. The lowest BCUT2D eigenvalue weighted by molar-refractivity contribution is 0.321. The van der Waals surface area contributed by atoms with Crippen LogP contribution in [0.3, 0.4) is 0 Å². The third-order valence-corrected chi connectivity index (χ3v) is 3.53.